The van der Waals surface area contributed by atoms with Crippen molar-refractivity contribution in [3.63, 3.8) is 0 Å². The van der Waals surface area contributed by atoms with Crippen molar-refractivity contribution in [1.29, 1.82) is 0 Å². The maximum atomic E-state index is 4.18. The van der Waals surface area contributed by atoms with E-state index in [1.165, 1.54) is 16.0 Å². The lowest BCUT2D eigenvalue weighted by Crippen LogP contribution is -2.15. The van der Waals surface area contributed by atoms with E-state index in [2.05, 4.69) is 69.5 Å². The third kappa shape index (κ3) is 3.29. The summed E-state index contributed by atoms with van der Waals surface area (Å²) in [5, 5.41) is 17.7. The molecular weight excluding hydrogens is 330 g/mol. The summed E-state index contributed by atoms with van der Waals surface area (Å²) in [7, 11) is 0. The molecule has 0 unspecified atom stereocenters. The molecule has 2 aromatic heterocycles. The van der Waals surface area contributed by atoms with Crippen LogP contribution >= 0.6 is 11.3 Å². The summed E-state index contributed by atoms with van der Waals surface area (Å²) in [6.45, 7) is 2.09. The molecule has 2 aromatic carbocycles. The normalized spacial score (nSPS) is 12.0. The van der Waals surface area contributed by atoms with E-state index >= 15 is 0 Å². The Morgan fingerprint density at radius 1 is 0.960 bits per heavy atom. The molecule has 1 N–H and O–H groups in total. The van der Waals surface area contributed by atoms with Gasteiger partial charge >= 0.3 is 0 Å². The van der Waals surface area contributed by atoms with Crippen LogP contribution in [0.4, 0.5) is 5.95 Å². The summed E-state index contributed by atoms with van der Waals surface area (Å²) in [6.07, 6.45) is 0. The second-order valence-corrected chi connectivity index (χ2v) is 6.73. The van der Waals surface area contributed by atoms with Gasteiger partial charge in [-0.3, -0.25) is 0 Å². The predicted octanol–water partition coefficient (Wildman–Crippen LogP) is 4.23. The zero-order chi connectivity index (χ0) is 17.1. The standard InChI is InChI=1S/C19H17N5S/c1-14-9-11-15(12-10-14)18(17-8-5-13-25-17)20-19-21-22-23-24(19)16-6-3-2-4-7-16/h2-13,18H,1H3,(H,20,21,23)/t18-/m1/s1. The van der Waals surface area contributed by atoms with Crippen LogP contribution in [0.15, 0.2) is 72.1 Å². The maximum absolute atomic E-state index is 4.18. The smallest absolute Gasteiger partial charge is 0.248 e. The average molecular weight is 347 g/mol. The van der Waals surface area contributed by atoms with Crippen molar-refractivity contribution in [1.82, 2.24) is 20.2 Å². The van der Waals surface area contributed by atoms with Gasteiger partial charge in [0.15, 0.2) is 0 Å². The number of nitrogens with one attached hydrogen (secondary N) is 1. The number of hydrogen-bond acceptors (Lipinski definition) is 5. The Labute approximate surface area is 150 Å². The molecule has 4 rings (SSSR count). The zero-order valence-corrected chi connectivity index (χ0v) is 14.5. The topological polar surface area (TPSA) is 55.6 Å². The molecule has 4 aromatic rings. The van der Waals surface area contributed by atoms with E-state index in [1.54, 1.807) is 16.0 Å². The summed E-state index contributed by atoms with van der Waals surface area (Å²) >= 11 is 1.71. The van der Waals surface area contributed by atoms with E-state index in [9.17, 15) is 0 Å². The Hall–Kier alpha value is -2.99. The largest absolute Gasteiger partial charge is 0.341 e. The number of tetrazole rings is 1. The Morgan fingerprint density at radius 2 is 1.76 bits per heavy atom. The highest BCUT2D eigenvalue weighted by atomic mass is 32.1. The van der Waals surface area contributed by atoms with Gasteiger partial charge in [-0.15, -0.1) is 11.3 Å². The molecule has 0 radical (unpaired) electrons. The lowest BCUT2D eigenvalue weighted by atomic mass is 10.0. The van der Waals surface area contributed by atoms with E-state index in [0.29, 0.717) is 5.95 Å². The predicted molar refractivity (Wildman–Crippen MR) is 100 cm³/mol. The number of thiophene rings is 1. The number of benzene rings is 2. The van der Waals surface area contributed by atoms with Crippen molar-refractivity contribution in [3.8, 4) is 5.69 Å². The van der Waals surface area contributed by atoms with E-state index < -0.39 is 0 Å². The third-order valence-corrected chi connectivity index (χ3v) is 4.92. The van der Waals surface area contributed by atoms with Crippen LogP contribution in [0.2, 0.25) is 0 Å². The lowest BCUT2D eigenvalue weighted by Gasteiger charge is -2.18. The minimum Gasteiger partial charge on any atom is -0.341 e. The van der Waals surface area contributed by atoms with Crippen LogP contribution in [0.5, 0.6) is 0 Å². The first-order valence-corrected chi connectivity index (χ1v) is 8.89. The molecule has 1 atom stereocenters. The first-order chi connectivity index (χ1) is 12.3. The lowest BCUT2D eigenvalue weighted by molar-refractivity contribution is 0.786. The Morgan fingerprint density at radius 3 is 2.48 bits per heavy atom. The van der Waals surface area contributed by atoms with Crippen molar-refractivity contribution in [2.45, 2.75) is 13.0 Å². The van der Waals surface area contributed by atoms with Gasteiger partial charge in [0.25, 0.3) is 0 Å². The molecule has 0 aliphatic heterocycles. The van der Waals surface area contributed by atoms with Gasteiger partial charge < -0.3 is 5.32 Å². The van der Waals surface area contributed by atoms with Crippen molar-refractivity contribution in [3.05, 3.63) is 88.1 Å². The van der Waals surface area contributed by atoms with E-state index in [-0.39, 0.29) is 6.04 Å². The summed E-state index contributed by atoms with van der Waals surface area (Å²) in [6, 6.07) is 22.6. The minimum absolute atomic E-state index is 0.00550. The van der Waals surface area contributed by atoms with Gasteiger partial charge in [0.2, 0.25) is 5.95 Å². The molecule has 0 amide bonds. The second kappa shape index (κ2) is 6.86. The van der Waals surface area contributed by atoms with Crippen LogP contribution in [-0.4, -0.2) is 20.2 Å². The number of nitrogens with zero attached hydrogens (tertiary/aromatic N) is 4. The summed E-state index contributed by atoms with van der Waals surface area (Å²) in [4.78, 5) is 1.21. The molecule has 0 bridgehead atoms. The van der Waals surface area contributed by atoms with Crippen LogP contribution in [0.25, 0.3) is 5.69 Å². The number of anilines is 1. The average Bonchev–Trinajstić information content (AvgIpc) is 3.33. The third-order valence-electron chi connectivity index (χ3n) is 3.98. The van der Waals surface area contributed by atoms with Crippen LogP contribution < -0.4 is 5.32 Å². The molecule has 25 heavy (non-hydrogen) atoms. The quantitative estimate of drug-likeness (QED) is 0.587. The molecule has 0 spiro atoms. The van der Waals surface area contributed by atoms with Crippen molar-refractivity contribution >= 4 is 17.3 Å². The van der Waals surface area contributed by atoms with Gasteiger partial charge in [-0.1, -0.05) is 59.2 Å². The molecule has 5 nitrogen and oxygen atoms in total. The number of hydrogen-bond donors (Lipinski definition) is 1. The van der Waals surface area contributed by atoms with E-state index in [4.69, 9.17) is 0 Å². The molecule has 0 fully saturated rings. The molecular formula is C19H17N5S. The van der Waals surface area contributed by atoms with E-state index in [0.717, 1.165) is 5.69 Å². The van der Waals surface area contributed by atoms with Crippen LogP contribution in [0.3, 0.4) is 0 Å². The first kappa shape index (κ1) is 15.5. The van der Waals surface area contributed by atoms with Gasteiger partial charge in [0.1, 0.15) is 0 Å². The molecule has 0 aliphatic rings. The van der Waals surface area contributed by atoms with Crippen molar-refractivity contribution < 1.29 is 0 Å². The fourth-order valence-corrected chi connectivity index (χ4v) is 3.48. The summed E-state index contributed by atoms with van der Waals surface area (Å²) < 4.78 is 1.72. The maximum Gasteiger partial charge on any atom is 0.248 e. The molecule has 6 heteroatoms. The van der Waals surface area contributed by atoms with Gasteiger partial charge in [-0.25, -0.2) is 0 Å². The summed E-state index contributed by atoms with van der Waals surface area (Å²) in [5.41, 5.74) is 3.34. The molecule has 2 heterocycles. The highest BCUT2D eigenvalue weighted by Crippen LogP contribution is 2.29. The number of aryl methyl sites for hydroxylation is 1. The second-order valence-electron chi connectivity index (χ2n) is 5.75. The summed E-state index contributed by atoms with van der Waals surface area (Å²) in [5.74, 6) is 0.616. The Kier molecular flexibility index (Phi) is 4.26. The fourth-order valence-electron chi connectivity index (χ4n) is 2.68. The minimum atomic E-state index is -0.00550. The highest BCUT2D eigenvalue weighted by Gasteiger charge is 2.19. The number of para-hydroxylation sites is 1. The van der Waals surface area contributed by atoms with Gasteiger partial charge in [0, 0.05) is 4.88 Å². The van der Waals surface area contributed by atoms with E-state index in [1.807, 2.05) is 30.3 Å². The molecule has 0 saturated heterocycles. The number of aromatic nitrogens is 4. The zero-order valence-electron chi connectivity index (χ0n) is 13.7. The molecule has 0 saturated carbocycles. The first-order valence-electron chi connectivity index (χ1n) is 8.01. The highest BCUT2D eigenvalue weighted by molar-refractivity contribution is 7.10. The fraction of sp³-hybridized carbons (Fsp3) is 0.105. The van der Waals surface area contributed by atoms with Crippen molar-refractivity contribution in [2.24, 2.45) is 0 Å². The van der Waals surface area contributed by atoms with Crippen LogP contribution in [0, 0.1) is 6.92 Å². The monoisotopic (exact) mass is 347 g/mol. The van der Waals surface area contributed by atoms with Crippen molar-refractivity contribution in [2.75, 3.05) is 5.32 Å². The van der Waals surface area contributed by atoms with Crippen LogP contribution in [-0.2, 0) is 0 Å². The SMILES string of the molecule is Cc1ccc([C@@H](Nc2nnnn2-c2ccccc2)c2cccs2)cc1. The molecule has 0 aliphatic carbocycles. The Bertz CT molecular complexity index is 930. The van der Waals surface area contributed by atoms with Crippen LogP contribution in [0.1, 0.15) is 22.0 Å². The number of rotatable bonds is 5. The van der Waals surface area contributed by atoms with Gasteiger partial charge in [-0.05, 0) is 46.5 Å². The van der Waals surface area contributed by atoms with Gasteiger partial charge in [-0.2, -0.15) is 4.68 Å². The Balaban J connectivity index is 1.71. The molecule has 124 valence electrons. The van der Waals surface area contributed by atoms with Gasteiger partial charge in [0.05, 0.1) is 11.7 Å².